The van der Waals surface area contributed by atoms with Gasteiger partial charge in [0, 0.05) is 0 Å². The molecule has 0 spiro atoms. The van der Waals surface area contributed by atoms with E-state index in [1.807, 2.05) is 0 Å². The summed E-state index contributed by atoms with van der Waals surface area (Å²) < 4.78 is 0. The molecule has 0 fully saturated rings. The third-order valence-corrected chi connectivity index (χ3v) is 10.4. The van der Waals surface area contributed by atoms with Crippen LogP contribution in [0.5, 0.6) is 0 Å². The van der Waals surface area contributed by atoms with Crippen molar-refractivity contribution in [1.29, 1.82) is 0 Å². The molecule has 0 saturated carbocycles. The SMILES string of the molecule is c1ccc(-c2ccc(-c3c4ccccc4c(-c4ccc5ccc(-c6ccc7ccccc7c6)cc5c4)c4ccccc34)c3ccccc23)cc1. The van der Waals surface area contributed by atoms with Crippen molar-refractivity contribution in [3.63, 3.8) is 0 Å². The molecule has 0 aromatic heterocycles. The topological polar surface area (TPSA) is 0 Å². The lowest BCUT2D eigenvalue weighted by Crippen LogP contribution is -1.92. The molecular formula is C50H32. The highest BCUT2D eigenvalue weighted by molar-refractivity contribution is 6.24. The number of rotatable bonds is 4. The minimum Gasteiger partial charge on any atom is -0.0622 e. The van der Waals surface area contributed by atoms with Gasteiger partial charge in [-0.05, 0) is 117 Å². The summed E-state index contributed by atoms with van der Waals surface area (Å²) in [5, 5.41) is 12.6. The largest absolute Gasteiger partial charge is 0.0622 e. The summed E-state index contributed by atoms with van der Waals surface area (Å²) in [6, 6.07) is 71.4. The molecule has 10 aromatic carbocycles. The zero-order valence-electron chi connectivity index (χ0n) is 27.5. The van der Waals surface area contributed by atoms with Crippen molar-refractivity contribution in [1.82, 2.24) is 0 Å². The van der Waals surface area contributed by atoms with Crippen LogP contribution >= 0.6 is 0 Å². The summed E-state index contributed by atoms with van der Waals surface area (Å²) in [6.45, 7) is 0. The first-order valence-electron chi connectivity index (χ1n) is 17.3. The van der Waals surface area contributed by atoms with Crippen LogP contribution < -0.4 is 0 Å². The Hall–Kier alpha value is -6.50. The standard InChI is InChI=1S/C50H32/c1-2-13-35(14-3-1)41-28-29-48(43-17-7-6-16-42(41)43)50-46-20-10-8-18-44(46)49(45-19-9-11-21-47(45)50)39-27-24-34-23-26-38(31-40(34)32-39)37-25-22-33-12-4-5-15-36(33)30-37/h1-32H. The molecule has 0 amide bonds. The molecule has 0 radical (unpaired) electrons. The zero-order chi connectivity index (χ0) is 33.0. The van der Waals surface area contributed by atoms with Crippen LogP contribution in [0.2, 0.25) is 0 Å². The fraction of sp³-hybridized carbons (Fsp3) is 0. The van der Waals surface area contributed by atoms with Crippen molar-refractivity contribution >= 4 is 53.9 Å². The van der Waals surface area contributed by atoms with Crippen LogP contribution in [0, 0.1) is 0 Å². The number of benzene rings is 10. The third kappa shape index (κ3) is 4.61. The van der Waals surface area contributed by atoms with E-state index in [4.69, 9.17) is 0 Å². The second-order valence-electron chi connectivity index (χ2n) is 13.3. The Balaban J connectivity index is 1.20. The van der Waals surface area contributed by atoms with Crippen LogP contribution in [0.25, 0.3) is 98.4 Å². The quantitative estimate of drug-likeness (QED) is 0.169. The van der Waals surface area contributed by atoms with Crippen LogP contribution in [0.15, 0.2) is 194 Å². The van der Waals surface area contributed by atoms with Crippen molar-refractivity contribution in [2.24, 2.45) is 0 Å². The van der Waals surface area contributed by atoms with E-state index in [-0.39, 0.29) is 0 Å². The first-order valence-corrected chi connectivity index (χ1v) is 17.3. The molecule has 0 aliphatic carbocycles. The van der Waals surface area contributed by atoms with E-state index in [0.717, 1.165) is 0 Å². The Morgan fingerprint density at radius 3 is 1.26 bits per heavy atom. The van der Waals surface area contributed by atoms with E-state index < -0.39 is 0 Å². The number of fused-ring (bicyclic) bond motifs is 5. The normalized spacial score (nSPS) is 11.6. The minimum absolute atomic E-state index is 1.23. The van der Waals surface area contributed by atoms with Crippen molar-refractivity contribution < 1.29 is 0 Å². The molecule has 232 valence electrons. The number of hydrogen-bond acceptors (Lipinski definition) is 0. The average molecular weight is 633 g/mol. The number of hydrogen-bond donors (Lipinski definition) is 0. The Morgan fingerprint density at radius 2 is 0.620 bits per heavy atom. The second kappa shape index (κ2) is 11.6. The summed E-state index contributed by atoms with van der Waals surface area (Å²) in [7, 11) is 0. The fourth-order valence-corrected chi connectivity index (χ4v) is 8.07. The predicted molar refractivity (Wildman–Crippen MR) is 216 cm³/mol. The zero-order valence-corrected chi connectivity index (χ0v) is 27.5. The van der Waals surface area contributed by atoms with Gasteiger partial charge in [-0.1, -0.05) is 176 Å². The third-order valence-electron chi connectivity index (χ3n) is 10.4. The van der Waals surface area contributed by atoms with Gasteiger partial charge in [0.15, 0.2) is 0 Å². The van der Waals surface area contributed by atoms with Crippen molar-refractivity contribution in [2.45, 2.75) is 0 Å². The molecule has 0 bridgehead atoms. The summed E-state index contributed by atoms with van der Waals surface area (Å²) in [5.74, 6) is 0. The Morgan fingerprint density at radius 1 is 0.200 bits per heavy atom. The highest BCUT2D eigenvalue weighted by atomic mass is 14.2. The molecule has 10 rings (SSSR count). The lowest BCUT2D eigenvalue weighted by atomic mass is 9.83. The lowest BCUT2D eigenvalue weighted by molar-refractivity contribution is 1.64. The molecule has 50 heavy (non-hydrogen) atoms. The van der Waals surface area contributed by atoms with Gasteiger partial charge in [-0.15, -0.1) is 0 Å². The van der Waals surface area contributed by atoms with E-state index in [9.17, 15) is 0 Å². The van der Waals surface area contributed by atoms with Gasteiger partial charge in [0.25, 0.3) is 0 Å². The molecule has 0 aliphatic heterocycles. The van der Waals surface area contributed by atoms with E-state index in [2.05, 4.69) is 194 Å². The van der Waals surface area contributed by atoms with Gasteiger partial charge in [-0.2, -0.15) is 0 Å². The molecule has 0 atom stereocenters. The minimum atomic E-state index is 1.23. The van der Waals surface area contributed by atoms with E-state index >= 15 is 0 Å². The first-order chi connectivity index (χ1) is 24.8. The molecule has 0 aliphatic rings. The van der Waals surface area contributed by atoms with Crippen LogP contribution in [0.3, 0.4) is 0 Å². The smallest absolute Gasteiger partial charge is 0.00201 e. The predicted octanol–water partition coefficient (Wildman–Crippen LogP) is 14.1. The van der Waals surface area contributed by atoms with Crippen molar-refractivity contribution in [2.75, 3.05) is 0 Å². The molecule has 0 heteroatoms. The van der Waals surface area contributed by atoms with Crippen molar-refractivity contribution in [3.8, 4) is 44.5 Å². The maximum absolute atomic E-state index is 2.39. The van der Waals surface area contributed by atoms with Gasteiger partial charge >= 0.3 is 0 Å². The molecule has 0 N–H and O–H groups in total. The van der Waals surface area contributed by atoms with Crippen LogP contribution in [0.4, 0.5) is 0 Å². The van der Waals surface area contributed by atoms with Gasteiger partial charge in [0.1, 0.15) is 0 Å². The van der Waals surface area contributed by atoms with Crippen LogP contribution in [-0.2, 0) is 0 Å². The molecular weight excluding hydrogens is 601 g/mol. The summed E-state index contributed by atoms with van der Waals surface area (Å²) in [6.07, 6.45) is 0. The summed E-state index contributed by atoms with van der Waals surface area (Å²) in [5.41, 5.74) is 10.0. The van der Waals surface area contributed by atoms with Gasteiger partial charge in [-0.3, -0.25) is 0 Å². The molecule has 0 nitrogen and oxygen atoms in total. The van der Waals surface area contributed by atoms with Gasteiger partial charge < -0.3 is 0 Å². The second-order valence-corrected chi connectivity index (χ2v) is 13.3. The molecule has 10 aromatic rings. The van der Waals surface area contributed by atoms with Gasteiger partial charge in [0.05, 0.1) is 0 Å². The summed E-state index contributed by atoms with van der Waals surface area (Å²) in [4.78, 5) is 0. The molecule has 0 heterocycles. The van der Waals surface area contributed by atoms with Gasteiger partial charge in [0.2, 0.25) is 0 Å². The fourth-order valence-electron chi connectivity index (χ4n) is 8.07. The molecule has 0 unspecified atom stereocenters. The monoisotopic (exact) mass is 632 g/mol. The maximum Gasteiger partial charge on any atom is -0.00201 e. The van der Waals surface area contributed by atoms with Gasteiger partial charge in [-0.25, -0.2) is 0 Å². The van der Waals surface area contributed by atoms with E-state index in [1.54, 1.807) is 0 Å². The average Bonchev–Trinajstić information content (AvgIpc) is 3.19. The van der Waals surface area contributed by atoms with Crippen molar-refractivity contribution in [3.05, 3.63) is 194 Å². The highest BCUT2D eigenvalue weighted by Crippen LogP contribution is 2.46. The Kier molecular flexibility index (Phi) is 6.60. The van der Waals surface area contributed by atoms with Crippen LogP contribution in [0.1, 0.15) is 0 Å². The first kappa shape index (κ1) is 28.5. The lowest BCUT2D eigenvalue weighted by Gasteiger charge is -2.20. The Labute approximate surface area is 291 Å². The summed E-state index contributed by atoms with van der Waals surface area (Å²) >= 11 is 0. The maximum atomic E-state index is 2.39. The van der Waals surface area contributed by atoms with E-state index in [1.165, 1.54) is 98.4 Å². The van der Waals surface area contributed by atoms with E-state index in [0.29, 0.717) is 0 Å². The van der Waals surface area contributed by atoms with Crippen LogP contribution in [-0.4, -0.2) is 0 Å². The highest BCUT2D eigenvalue weighted by Gasteiger charge is 2.19. The Bertz CT molecular complexity index is 2860. The molecule has 0 saturated heterocycles.